The summed E-state index contributed by atoms with van der Waals surface area (Å²) in [5.41, 5.74) is 0. The molecule has 0 aliphatic carbocycles. The Bertz CT molecular complexity index is 490. The van der Waals surface area contributed by atoms with Crippen molar-refractivity contribution in [2.24, 2.45) is 5.92 Å². The van der Waals surface area contributed by atoms with Crippen LogP contribution in [0, 0.1) is 5.92 Å². The fraction of sp³-hybridized carbons (Fsp3) is 0.462. The van der Waals surface area contributed by atoms with Gasteiger partial charge in [0.2, 0.25) is 11.8 Å². The van der Waals surface area contributed by atoms with Crippen molar-refractivity contribution in [3.63, 3.8) is 0 Å². The third-order valence-electron chi connectivity index (χ3n) is 3.22. The Morgan fingerprint density at radius 2 is 2.35 bits per heavy atom. The quantitative estimate of drug-likeness (QED) is 0.752. The Morgan fingerprint density at radius 3 is 2.90 bits per heavy atom. The summed E-state index contributed by atoms with van der Waals surface area (Å²) in [5, 5.41) is 16.2. The molecule has 1 aliphatic heterocycles. The number of carbonyl (C=O) groups is 3. The van der Waals surface area contributed by atoms with Crippen molar-refractivity contribution in [2.45, 2.75) is 25.3 Å². The Balaban J connectivity index is 1.98. The Labute approximate surface area is 120 Å². The van der Waals surface area contributed by atoms with Gasteiger partial charge in [-0.3, -0.25) is 14.4 Å². The first-order valence-electron chi connectivity index (χ1n) is 6.38. The monoisotopic (exact) mass is 296 g/mol. The van der Waals surface area contributed by atoms with Gasteiger partial charge in [-0.2, -0.15) is 0 Å². The molecule has 20 heavy (non-hydrogen) atoms. The van der Waals surface area contributed by atoms with Crippen LogP contribution in [0.1, 0.15) is 30.2 Å². The lowest BCUT2D eigenvalue weighted by Crippen LogP contribution is -2.44. The van der Waals surface area contributed by atoms with Crippen molar-refractivity contribution >= 4 is 29.1 Å². The average Bonchev–Trinajstić information content (AvgIpc) is 2.92. The minimum atomic E-state index is -0.958. The molecular weight excluding hydrogens is 280 g/mol. The van der Waals surface area contributed by atoms with Crippen molar-refractivity contribution in [3.05, 3.63) is 22.4 Å². The van der Waals surface area contributed by atoms with Crippen LogP contribution < -0.4 is 10.6 Å². The maximum Gasteiger partial charge on any atom is 0.305 e. The first kappa shape index (κ1) is 14.5. The number of hydrogen-bond acceptors (Lipinski definition) is 4. The van der Waals surface area contributed by atoms with E-state index in [9.17, 15) is 14.4 Å². The Hall–Kier alpha value is -1.89. The van der Waals surface area contributed by atoms with Gasteiger partial charge in [-0.25, -0.2) is 0 Å². The molecular formula is C13H16N2O4S. The molecule has 0 saturated carbocycles. The van der Waals surface area contributed by atoms with Gasteiger partial charge >= 0.3 is 5.97 Å². The lowest BCUT2D eigenvalue weighted by atomic mass is 9.97. The van der Waals surface area contributed by atoms with E-state index in [1.165, 1.54) is 11.3 Å². The average molecular weight is 296 g/mol. The van der Waals surface area contributed by atoms with Gasteiger partial charge in [0.15, 0.2) is 0 Å². The highest BCUT2D eigenvalue weighted by Crippen LogP contribution is 2.23. The maximum atomic E-state index is 12.1. The lowest BCUT2D eigenvalue weighted by Gasteiger charge is -2.24. The molecule has 2 heterocycles. The molecule has 0 spiro atoms. The number of carbonyl (C=O) groups excluding carboxylic acids is 2. The second-order valence-corrected chi connectivity index (χ2v) is 5.69. The smallest absolute Gasteiger partial charge is 0.305 e. The molecule has 0 bridgehead atoms. The van der Waals surface area contributed by atoms with Crippen LogP contribution in [0.25, 0.3) is 0 Å². The molecule has 6 nitrogen and oxygen atoms in total. The normalized spacial score (nSPS) is 20.0. The molecule has 108 valence electrons. The SMILES string of the molecule is O=C(O)CC(NC(=O)C1CCC(=O)NC1)c1cccs1. The van der Waals surface area contributed by atoms with E-state index in [1.807, 2.05) is 11.4 Å². The number of carboxylic acids is 1. The molecule has 2 rings (SSSR count). The topological polar surface area (TPSA) is 95.5 Å². The first-order chi connectivity index (χ1) is 9.56. The zero-order valence-corrected chi connectivity index (χ0v) is 11.6. The molecule has 2 amide bonds. The predicted molar refractivity (Wildman–Crippen MR) is 73.2 cm³/mol. The number of thiophene rings is 1. The molecule has 7 heteroatoms. The second kappa shape index (κ2) is 6.51. The van der Waals surface area contributed by atoms with Gasteiger partial charge in [-0.05, 0) is 17.9 Å². The van der Waals surface area contributed by atoms with Gasteiger partial charge in [-0.15, -0.1) is 11.3 Å². The molecule has 1 saturated heterocycles. The van der Waals surface area contributed by atoms with Crippen molar-refractivity contribution in [3.8, 4) is 0 Å². The van der Waals surface area contributed by atoms with E-state index >= 15 is 0 Å². The van der Waals surface area contributed by atoms with Crippen LogP contribution in [0.2, 0.25) is 0 Å². The number of nitrogens with one attached hydrogen (secondary N) is 2. The zero-order valence-electron chi connectivity index (χ0n) is 10.8. The number of aliphatic carboxylic acids is 1. The van der Waals surface area contributed by atoms with Crippen molar-refractivity contribution in [2.75, 3.05) is 6.54 Å². The third kappa shape index (κ3) is 3.80. The van der Waals surface area contributed by atoms with E-state index < -0.39 is 12.0 Å². The van der Waals surface area contributed by atoms with Crippen LogP contribution in [-0.2, 0) is 14.4 Å². The number of hydrogen-bond donors (Lipinski definition) is 3. The van der Waals surface area contributed by atoms with Gasteiger partial charge < -0.3 is 15.7 Å². The minimum absolute atomic E-state index is 0.0469. The molecule has 1 aliphatic rings. The van der Waals surface area contributed by atoms with Crippen molar-refractivity contribution < 1.29 is 19.5 Å². The summed E-state index contributed by atoms with van der Waals surface area (Å²) in [6.45, 7) is 0.314. The van der Waals surface area contributed by atoms with Crippen molar-refractivity contribution in [1.82, 2.24) is 10.6 Å². The highest BCUT2D eigenvalue weighted by atomic mass is 32.1. The summed E-state index contributed by atoms with van der Waals surface area (Å²) in [7, 11) is 0. The highest BCUT2D eigenvalue weighted by molar-refractivity contribution is 7.10. The van der Waals surface area contributed by atoms with Crippen LogP contribution in [-0.4, -0.2) is 29.4 Å². The van der Waals surface area contributed by atoms with Crippen molar-refractivity contribution in [1.29, 1.82) is 0 Å². The Morgan fingerprint density at radius 1 is 1.55 bits per heavy atom. The van der Waals surface area contributed by atoms with E-state index in [2.05, 4.69) is 10.6 Å². The molecule has 1 fully saturated rings. The van der Waals surface area contributed by atoms with Gasteiger partial charge in [-0.1, -0.05) is 6.07 Å². The molecule has 1 aromatic rings. The maximum absolute atomic E-state index is 12.1. The third-order valence-corrected chi connectivity index (χ3v) is 4.20. The van der Waals surface area contributed by atoms with Crippen LogP contribution in [0.4, 0.5) is 0 Å². The molecule has 0 radical (unpaired) electrons. The lowest BCUT2D eigenvalue weighted by molar-refractivity contribution is -0.137. The summed E-state index contributed by atoms with van der Waals surface area (Å²) in [4.78, 5) is 34.9. The number of piperidine rings is 1. The van der Waals surface area contributed by atoms with Crippen LogP contribution in [0.15, 0.2) is 17.5 Å². The highest BCUT2D eigenvalue weighted by Gasteiger charge is 2.27. The van der Waals surface area contributed by atoms with E-state index in [-0.39, 0.29) is 24.2 Å². The summed E-state index contributed by atoms with van der Waals surface area (Å²) >= 11 is 1.41. The number of amides is 2. The summed E-state index contributed by atoms with van der Waals surface area (Å²) < 4.78 is 0. The Kier molecular flexibility index (Phi) is 4.73. The van der Waals surface area contributed by atoms with Crippen LogP contribution >= 0.6 is 11.3 Å². The van der Waals surface area contributed by atoms with E-state index in [1.54, 1.807) is 6.07 Å². The summed E-state index contributed by atoms with van der Waals surface area (Å²) in [6.07, 6.45) is 0.688. The van der Waals surface area contributed by atoms with Crippen LogP contribution in [0.3, 0.4) is 0 Å². The second-order valence-electron chi connectivity index (χ2n) is 4.71. The fourth-order valence-electron chi connectivity index (χ4n) is 2.13. The first-order valence-corrected chi connectivity index (χ1v) is 7.26. The zero-order chi connectivity index (χ0) is 14.5. The van der Waals surface area contributed by atoms with Gasteiger partial charge in [0.1, 0.15) is 0 Å². The molecule has 2 unspecified atom stereocenters. The fourth-order valence-corrected chi connectivity index (χ4v) is 2.91. The predicted octanol–water partition coefficient (Wildman–Crippen LogP) is 0.906. The van der Waals surface area contributed by atoms with E-state index in [4.69, 9.17) is 5.11 Å². The van der Waals surface area contributed by atoms with Crippen LogP contribution in [0.5, 0.6) is 0 Å². The van der Waals surface area contributed by atoms with Gasteiger partial charge in [0, 0.05) is 17.8 Å². The standard InChI is InChI=1S/C13H16N2O4S/c16-11-4-3-8(7-14-11)13(19)15-9(6-12(17)18)10-2-1-5-20-10/h1-2,5,8-9H,3-4,6-7H2,(H,14,16)(H,15,19)(H,17,18). The largest absolute Gasteiger partial charge is 0.481 e. The minimum Gasteiger partial charge on any atom is -0.481 e. The molecule has 1 aromatic heterocycles. The van der Waals surface area contributed by atoms with E-state index in [0.29, 0.717) is 19.4 Å². The van der Waals surface area contributed by atoms with Gasteiger partial charge in [0.05, 0.1) is 18.4 Å². The molecule has 0 aromatic carbocycles. The number of rotatable bonds is 5. The summed E-state index contributed by atoms with van der Waals surface area (Å²) in [5.74, 6) is -1.50. The summed E-state index contributed by atoms with van der Waals surface area (Å²) in [6, 6.07) is 3.11. The number of carboxylic acid groups (broad SMARTS) is 1. The molecule has 2 atom stereocenters. The van der Waals surface area contributed by atoms with E-state index in [0.717, 1.165) is 4.88 Å². The molecule has 3 N–H and O–H groups in total. The van der Waals surface area contributed by atoms with Gasteiger partial charge in [0.25, 0.3) is 0 Å².